The molecule has 6 heteroatoms. The van der Waals surface area contributed by atoms with Crippen molar-refractivity contribution in [3.05, 3.63) is 29.3 Å². The Balaban J connectivity index is 2.61. The maximum Gasteiger partial charge on any atom is 0.305 e. The van der Waals surface area contributed by atoms with Gasteiger partial charge in [0.15, 0.2) is 0 Å². The van der Waals surface area contributed by atoms with Crippen LogP contribution in [0.5, 0.6) is 0 Å². The number of hydrogen-bond acceptors (Lipinski definition) is 4. The van der Waals surface area contributed by atoms with Crippen molar-refractivity contribution in [2.24, 2.45) is 0 Å². The second-order valence-corrected chi connectivity index (χ2v) is 6.26. The SMILES string of the molecule is COC(=O)CCCS(=O)(=O)Nc1ccc(C)cc1C. The number of rotatable bonds is 6. The monoisotopic (exact) mass is 285 g/mol. The zero-order chi connectivity index (χ0) is 14.5. The predicted molar refractivity (Wildman–Crippen MR) is 74.6 cm³/mol. The van der Waals surface area contributed by atoms with E-state index >= 15 is 0 Å². The van der Waals surface area contributed by atoms with E-state index in [1.165, 1.54) is 7.11 Å². The molecule has 0 aromatic heterocycles. The van der Waals surface area contributed by atoms with Crippen LogP contribution in [0, 0.1) is 13.8 Å². The summed E-state index contributed by atoms with van der Waals surface area (Å²) in [6.07, 6.45) is 0.344. The van der Waals surface area contributed by atoms with E-state index in [-0.39, 0.29) is 18.6 Å². The molecule has 0 aliphatic carbocycles. The van der Waals surface area contributed by atoms with Crippen molar-refractivity contribution in [1.29, 1.82) is 0 Å². The van der Waals surface area contributed by atoms with E-state index in [1.807, 2.05) is 26.0 Å². The number of anilines is 1. The fraction of sp³-hybridized carbons (Fsp3) is 0.462. The first-order valence-corrected chi connectivity index (χ1v) is 7.64. The van der Waals surface area contributed by atoms with Gasteiger partial charge in [0, 0.05) is 6.42 Å². The molecule has 0 heterocycles. The highest BCUT2D eigenvalue weighted by Crippen LogP contribution is 2.17. The van der Waals surface area contributed by atoms with E-state index in [4.69, 9.17) is 0 Å². The molecule has 19 heavy (non-hydrogen) atoms. The van der Waals surface area contributed by atoms with Gasteiger partial charge in [0.05, 0.1) is 18.6 Å². The molecule has 0 amide bonds. The molecule has 0 spiro atoms. The van der Waals surface area contributed by atoms with Crippen molar-refractivity contribution < 1.29 is 17.9 Å². The number of aryl methyl sites for hydroxylation is 2. The molecule has 0 radical (unpaired) electrons. The first kappa shape index (κ1) is 15.5. The number of ether oxygens (including phenoxy) is 1. The van der Waals surface area contributed by atoms with Gasteiger partial charge >= 0.3 is 5.97 Å². The molecule has 106 valence electrons. The molecule has 0 saturated carbocycles. The summed E-state index contributed by atoms with van der Waals surface area (Å²) in [6.45, 7) is 3.79. The summed E-state index contributed by atoms with van der Waals surface area (Å²) in [5.41, 5.74) is 2.52. The Kier molecular flexibility index (Phi) is 5.35. The number of carbonyl (C=O) groups is 1. The third-order valence-corrected chi connectivity index (χ3v) is 4.03. The largest absolute Gasteiger partial charge is 0.469 e. The fourth-order valence-corrected chi connectivity index (χ4v) is 2.85. The predicted octanol–water partition coefficient (Wildman–Crippen LogP) is 2.00. The summed E-state index contributed by atoms with van der Waals surface area (Å²) in [4.78, 5) is 10.9. The lowest BCUT2D eigenvalue weighted by Crippen LogP contribution is -2.18. The van der Waals surface area contributed by atoms with Crippen LogP contribution in [0.4, 0.5) is 5.69 Å². The molecule has 0 fully saturated rings. The Bertz CT molecular complexity index is 552. The standard InChI is InChI=1S/C13H19NO4S/c1-10-6-7-12(11(2)9-10)14-19(16,17)8-4-5-13(15)18-3/h6-7,9,14H,4-5,8H2,1-3H3. The third-order valence-electron chi connectivity index (χ3n) is 2.67. The molecule has 1 aromatic rings. The lowest BCUT2D eigenvalue weighted by atomic mass is 10.1. The minimum absolute atomic E-state index is 0.101. The van der Waals surface area contributed by atoms with Gasteiger partial charge in [-0.3, -0.25) is 9.52 Å². The third kappa shape index (κ3) is 5.30. The van der Waals surface area contributed by atoms with Crippen molar-refractivity contribution in [2.45, 2.75) is 26.7 Å². The number of benzene rings is 1. The van der Waals surface area contributed by atoms with Crippen molar-refractivity contribution in [2.75, 3.05) is 17.6 Å². The molecule has 1 N–H and O–H groups in total. The quantitative estimate of drug-likeness (QED) is 0.811. The second-order valence-electron chi connectivity index (χ2n) is 4.42. The van der Waals surface area contributed by atoms with Gasteiger partial charge < -0.3 is 4.74 Å². The van der Waals surface area contributed by atoms with E-state index in [1.54, 1.807) is 6.07 Å². The normalized spacial score (nSPS) is 11.1. The lowest BCUT2D eigenvalue weighted by molar-refractivity contribution is -0.140. The molecule has 5 nitrogen and oxygen atoms in total. The van der Waals surface area contributed by atoms with E-state index in [9.17, 15) is 13.2 Å². The number of carbonyl (C=O) groups excluding carboxylic acids is 1. The van der Waals surface area contributed by atoms with Crippen LogP contribution in [0.15, 0.2) is 18.2 Å². The Hall–Kier alpha value is -1.56. The number of esters is 1. The maximum atomic E-state index is 11.8. The minimum atomic E-state index is -3.43. The van der Waals surface area contributed by atoms with Crippen molar-refractivity contribution in [3.63, 3.8) is 0 Å². The van der Waals surface area contributed by atoms with Crippen molar-refractivity contribution in [3.8, 4) is 0 Å². The number of hydrogen-bond donors (Lipinski definition) is 1. The van der Waals surface area contributed by atoms with Crippen LogP contribution in [0.3, 0.4) is 0 Å². The topological polar surface area (TPSA) is 72.5 Å². The first-order valence-electron chi connectivity index (χ1n) is 5.98. The second kappa shape index (κ2) is 6.56. The molecule has 1 aromatic carbocycles. The summed E-state index contributed by atoms with van der Waals surface area (Å²) in [7, 11) is -2.15. The summed E-state index contributed by atoms with van der Waals surface area (Å²) in [5.74, 6) is -0.503. The number of sulfonamides is 1. The van der Waals surface area contributed by atoms with Crippen molar-refractivity contribution >= 4 is 21.7 Å². The smallest absolute Gasteiger partial charge is 0.305 e. The summed E-state index contributed by atoms with van der Waals surface area (Å²) in [6, 6.07) is 5.49. The molecular formula is C13H19NO4S. The maximum absolute atomic E-state index is 11.8. The Labute approximate surface area is 114 Å². The highest BCUT2D eigenvalue weighted by molar-refractivity contribution is 7.92. The van der Waals surface area contributed by atoms with Gasteiger partial charge in [-0.25, -0.2) is 8.42 Å². The Morgan fingerprint density at radius 2 is 2.00 bits per heavy atom. The van der Waals surface area contributed by atoms with E-state index in [0.29, 0.717) is 5.69 Å². The summed E-state index contributed by atoms with van der Waals surface area (Å²) in [5, 5.41) is 0. The van der Waals surface area contributed by atoms with Gasteiger partial charge in [-0.1, -0.05) is 17.7 Å². The summed E-state index contributed by atoms with van der Waals surface area (Å²) < 4.78 is 30.7. The molecule has 0 saturated heterocycles. The van der Waals surface area contributed by atoms with Gasteiger partial charge in [-0.05, 0) is 31.9 Å². The van der Waals surface area contributed by atoms with Crippen molar-refractivity contribution in [1.82, 2.24) is 0 Å². The Morgan fingerprint density at radius 1 is 1.32 bits per heavy atom. The van der Waals surface area contributed by atoms with Crippen LogP contribution in [0.1, 0.15) is 24.0 Å². The average molecular weight is 285 g/mol. The van der Waals surface area contributed by atoms with Gasteiger partial charge in [0.2, 0.25) is 10.0 Å². The highest BCUT2D eigenvalue weighted by Gasteiger charge is 2.13. The Morgan fingerprint density at radius 3 is 2.58 bits per heavy atom. The molecule has 0 aliphatic heterocycles. The molecule has 0 unspecified atom stereocenters. The van der Waals surface area contributed by atoms with E-state index in [0.717, 1.165) is 11.1 Å². The lowest BCUT2D eigenvalue weighted by Gasteiger charge is -2.10. The van der Waals surface area contributed by atoms with E-state index in [2.05, 4.69) is 9.46 Å². The molecule has 1 rings (SSSR count). The molecule has 0 bridgehead atoms. The van der Waals surface area contributed by atoms with Crippen LogP contribution in [0.2, 0.25) is 0 Å². The van der Waals surface area contributed by atoms with Gasteiger partial charge in [0.25, 0.3) is 0 Å². The van der Waals surface area contributed by atoms with Crippen LogP contribution >= 0.6 is 0 Å². The summed E-state index contributed by atoms with van der Waals surface area (Å²) >= 11 is 0. The van der Waals surface area contributed by atoms with Gasteiger partial charge in [0.1, 0.15) is 0 Å². The zero-order valence-electron chi connectivity index (χ0n) is 11.4. The van der Waals surface area contributed by atoms with Crippen LogP contribution in [-0.2, 0) is 19.6 Å². The molecule has 0 atom stereocenters. The van der Waals surface area contributed by atoms with Crippen LogP contribution in [0.25, 0.3) is 0 Å². The number of nitrogens with one attached hydrogen (secondary N) is 1. The first-order chi connectivity index (χ1) is 8.84. The molecular weight excluding hydrogens is 266 g/mol. The van der Waals surface area contributed by atoms with Crippen LogP contribution < -0.4 is 4.72 Å². The fourth-order valence-electron chi connectivity index (χ4n) is 1.66. The zero-order valence-corrected chi connectivity index (χ0v) is 12.2. The van der Waals surface area contributed by atoms with E-state index < -0.39 is 16.0 Å². The minimum Gasteiger partial charge on any atom is -0.469 e. The van der Waals surface area contributed by atoms with Crippen LogP contribution in [-0.4, -0.2) is 27.2 Å². The van der Waals surface area contributed by atoms with Gasteiger partial charge in [-0.15, -0.1) is 0 Å². The number of methoxy groups -OCH3 is 1. The van der Waals surface area contributed by atoms with Gasteiger partial charge in [-0.2, -0.15) is 0 Å². The molecule has 0 aliphatic rings. The highest BCUT2D eigenvalue weighted by atomic mass is 32.2. The average Bonchev–Trinajstić information content (AvgIpc) is 2.32.